The Balaban J connectivity index is 0.871. The Labute approximate surface area is 378 Å². The molecule has 334 valence electrons. The van der Waals surface area contributed by atoms with Gasteiger partial charge in [0.25, 0.3) is 0 Å². The maximum absolute atomic E-state index is 13.9. The first kappa shape index (κ1) is 44.5. The zero-order chi connectivity index (χ0) is 45.1. The van der Waals surface area contributed by atoms with Crippen LogP contribution >= 0.6 is 22.7 Å². The SMILES string of the molecule is Cc1cc([C@H](C)C(=O)N2C[C@H](OCc3cc([C@@H](C)C(=O)N4C[C@H](O)C[C@H]4C(=O)NCc4ccc(-c5scnc5C)cc4)on3)C[C@H]2C(=O)NCc2ccc(-c3scnc3C)cc2)on1. The third-order valence-electron chi connectivity index (χ3n) is 11.9. The van der Waals surface area contributed by atoms with Crippen LogP contribution in [0.3, 0.4) is 0 Å². The lowest BCUT2D eigenvalue weighted by Crippen LogP contribution is -2.47. The van der Waals surface area contributed by atoms with E-state index in [4.69, 9.17) is 13.8 Å². The van der Waals surface area contributed by atoms with Gasteiger partial charge in [0, 0.05) is 51.2 Å². The van der Waals surface area contributed by atoms with Crippen molar-refractivity contribution in [1.29, 1.82) is 0 Å². The number of nitrogens with zero attached hydrogens (tertiary/aromatic N) is 6. The molecule has 4 aromatic heterocycles. The number of benzene rings is 2. The Morgan fingerprint density at radius 3 is 1.73 bits per heavy atom. The van der Waals surface area contributed by atoms with Crippen LogP contribution < -0.4 is 10.6 Å². The number of aliphatic hydroxyl groups excluding tert-OH is 1. The van der Waals surface area contributed by atoms with Crippen molar-refractivity contribution < 1.29 is 38.1 Å². The molecule has 0 spiro atoms. The summed E-state index contributed by atoms with van der Waals surface area (Å²) in [4.78, 5) is 68.8. The van der Waals surface area contributed by atoms with Gasteiger partial charge in [0.2, 0.25) is 23.6 Å². The average Bonchev–Trinajstić information content (AvgIpc) is 4.17. The van der Waals surface area contributed by atoms with Crippen molar-refractivity contribution in [3.05, 3.63) is 117 Å². The van der Waals surface area contributed by atoms with Crippen LogP contribution in [-0.4, -0.2) is 96.2 Å². The molecule has 3 N–H and O–H groups in total. The second kappa shape index (κ2) is 19.3. The molecule has 2 aliphatic rings. The van der Waals surface area contributed by atoms with Gasteiger partial charge in [-0.15, -0.1) is 22.7 Å². The Hall–Kier alpha value is -6.08. The first-order valence-corrected chi connectivity index (χ1v) is 22.9. The number of nitrogens with one attached hydrogen (secondary N) is 2. The fraction of sp³-hybridized carbons (Fsp3) is 0.391. The van der Waals surface area contributed by atoms with Crippen molar-refractivity contribution in [3.63, 3.8) is 0 Å². The zero-order valence-corrected chi connectivity index (χ0v) is 37.8. The third kappa shape index (κ3) is 9.84. The first-order valence-electron chi connectivity index (χ1n) is 21.2. The highest BCUT2D eigenvalue weighted by atomic mass is 32.1. The fourth-order valence-corrected chi connectivity index (χ4v) is 9.79. The summed E-state index contributed by atoms with van der Waals surface area (Å²) in [5.74, 6) is -2.17. The normalized spacial score (nSPS) is 19.5. The fourth-order valence-electron chi connectivity index (χ4n) is 8.17. The number of hydrogen-bond acceptors (Lipinski definition) is 14. The molecule has 0 unspecified atom stereocenters. The smallest absolute Gasteiger partial charge is 0.243 e. The van der Waals surface area contributed by atoms with Gasteiger partial charge in [-0.2, -0.15) is 0 Å². The second-order valence-corrected chi connectivity index (χ2v) is 18.2. The van der Waals surface area contributed by atoms with Crippen LogP contribution in [-0.2, 0) is 43.6 Å². The summed E-state index contributed by atoms with van der Waals surface area (Å²) < 4.78 is 17.3. The Morgan fingerprint density at radius 2 is 1.23 bits per heavy atom. The van der Waals surface area contributed by atoms with Crippen LogP contribution in [0.25, 0.3) is 20.9 Å². The number of carbonyl (C=O) groups excluding carboxylic acids is 4. The van der Waals surface area contributed by atoms with Crippen LogP contribution in [0.15, 0.2) is 80.7 Å². The van der Waals surface area contributed by atoms with Crippen LogP contribution in [0.4, 0.5) is 0 Å². The lowest BCUT2D eigenvalue weighted by atomic mass is 10.1. The highest BCUT2D eigenvalue weighted by Crippen LogP contribution is 2.31. The summed E-state index contributed by atoms with van der Waals surface area (Å²) in [7, 11) is 0. The molecule has 2 aliphatic heterocycles. The summed E-state index contributed by atoms with van der Waals surface area (Å²) in [5, 5.41) is 24.6. The van der Waals surface area contributed by atoms with Gasteiger partial charge in [-0.1, -0.05) is 58.8 Å². The van der Waals surface area contributed by atoms with Crippen molar-refractivity contribution in [2.75, 3.05) is 13.1 Å². The Bertz CT molecular complexity index is 2600. The molecule has 64 heavy (non-hydrogen) atoms. The van der Waals surface area contributed by atoms with Crippen LogP contribution in [0.5, 0.6) is 0 Å². The average molecular weight is 907 g/mol. The standard InChI is InChI=1S/C46H50N8O8S2/c1-25-14-39(61-51-25)26(2)46(59)54-21-36(17-38(54)44(57)48-19-31-8-12-33(13-9-31)42-29(5)50-24-64-42)60-22-34-15-40(62-52-34)27(3)45(58)53-20-35(55)16-37(53)43(56)47-18-30-6-10-32(11-7-30)41-28(4)49-23-63-41/h6-15,23-24,26-27,35-38,55H,16-22H2,1-5H3,(H,47,56)(H,48,57)/t26-,27+,35+,36+,37-,38-/m0/s1. The highest BCUT2D eigenvalue weighted by Gasteiger charge is 2.43. The molecule has 4 amide bonds. The molecule has 6 atom stereocenters. The minimum Gasteiger partial charge on any atom is -0.391 e. The molecule has 2 fully saturated rings. The predicted molar refractivity (Wildman–Crippen MR) is 238 cm³/mol. The number of thiazole rings is 2. The molecule has 6 heterocycles. The largest absolute Gasteiger partial charge is 0.391 e. The quantitative estimate of drug-likeness (QED) is 0.111. The van der Waals surface area contributed by atoms with Crippen LogP contribution in [0.2, 0.25) is 0 Å². The number of likely N-dealkylation sites (tertiary alicyclic amines) is 2. The molecule has 6 aromatic rings. The van der Waals surface area contributed by atoms with Gasteiger partial charge in [-0.25, -0.2) is 9.97 Å². The van der Waals surface area contributed by atoms with E-state index in [0.717, 1.165) is 43.4 Å². The number of aryl methyl sites for hydroxylation is 3. The van der Waals surface area contributed by atoms with Gasteiger partial charge in [0.15, 0.2) is 0 Å². The van der Waals surface area contributed by atoms with Gasteiger partial charge in [-0.05, 0) is 56.9 Å². The van der Waals surface area contributed by atoms with Crippen molar-refractivity contribution in [1.82, 2.24) is 40.7 Å². The van der Waals surface area contributed by atoms with Crippen molar-refractivity contribution >= 4 is 46.3 Å². The topological polar surface area (TPSA) is 206 Å². The summed E-state index contributed by atoms with van der Waals surface area (Å²) in [6, 6.07) is 17.5. The number of aliphatic hydroxyl groups is 1. The summed E-state index contributed by atoms with van der Waals surface area (Å²) in [5.41, 5.74) is 10.5. The molecular formula is C46H50N8O8S2. The van der Waals surface area contributed by atoms with E-state index in [9.17, 15) is 24.3 Å². The van der Waals surface area contributed by atoms with E-state index in [1.807, 2.05) is 73.4 Å². The number of ether oxygens (including phenoxy) is 1. The summed E-state index contributed by atoms with van der Waals surface area (Å²) in [6.45, 7) is 9.78. The second-order valence-electron chi connectivity index (χ2n) is 16.5. The number of carbonyl (C=O) groups is 4. The van der Waals surface area contributed by atoms with E-state index in [1.165, 1.54) is 9.80 Å². The molecule has 8 rings (SSSR count). The molecule has 0 saturated carbocycles. The van der Waals surface area contributed by atoms with Crippen LogP contribution in [0, 0.1) is 20.8 Å². The molecule has 2 saturated heterocycles. The van der Waals surface area contributed by atoms with Crippen molar-refractivity contribution in [3.8, 4) is 20.9 Å². The molecule has 0 bridgehead atoms. The van der Waals surface area contributed by atoms with E-state index in [1.54, 1.807) is 55.6 Å². The van der Waals surface area contributed by atoms with E-state index >= 15 is 0 Å². The molecule has 0 radical (unpaired) electrons. The number of β-amino-alcohol motifs (C(OH)–C–C–N with tert-alkyl or cyclic N) is 1. The lowest BCUT2D eigenvalue weighted by Gasteiger charge is -2.26. The van der Waals surface area contributed by atoms with Gasteiger partial charge in [0.1, 0.15) is 29.3 Å². The third-order valence-corrected chi connectivity index (χ3v) is 13.8. The van der Waals surface area contributed by atoms with E-state index in [-0.39, 0.29) is 75.0 Å². The van der Waals surface area contributed by atoms with Gasteiger partial charge in [0.05, 0.1) is 68.5 Å². The monoisotopic (exact) mass is 906 g/mol. The maximum atomic E-state index is 13.9. The maximum Gasteiger partial charge on any atom is 0.243 e. The Kier molecular flexibility index (Phi) is 13.5. The number of amides is 4. The van der Waals surface area contributed by atoms with E-state index in [2.05, 4.69) is 30.9 Å². The minimum absolute atomic E-state index is 0.00780. The number of aromatic nitrogens is 4. The first-order chi connectivity index (χ1) is 30.8. The van der Waals surface area contributed by atoms with Gasteiger partial charge in [-0.3, -0.25) is 19.2 Å². The minimum atomic E-state index is -0.859. The van der Waals surface area contributed by atoms with E-state index in [0.29, 0.717) is 17.1 Å². The predicted octanol–water partition coefficient (Wildman–Crippen LogP) is 5.82. The zero-order valence-electron chi connectivity index (χ0n) is 36.1. The van der Waals surface area contributed by atoms with Gasteiger partial charge < -0.3 is 39.3 Å². The molecule has 16 nitrogen and oxygen atoms in total. The van der Waals surface area contributed by atoms with Crippen molar-refractivity contribution in [2.24, 2.45) is 0 Å². The van der Waals surface area contributed by atoms with Crippen LogP contribution in [0.1, 0.15) is 83.9 Å². The lowest BCUT2D eigenvalue weighted by molar-refractivity contribution is -0.139. The molecule has 2 aromatic carbocycles. The van der Waals surface area contributed by atoms with E-state index < -0.39 is 36.1 Å². The molecular weight excluding hydrogens is 857 g/mol. The molecule has 0 aliphatic carbocycles. The van der Waals surface area contributed by atoms with Gasteiger partial charge >= 0.3 is 0 Å². The Morgan fingerprint density at radius 1 is 0.734 bits per heavy atom. The number of hydrogen-bond donors (Lipinski definition) is 3. The summed E-state index contributed by atoms with van der Waals surface area (Å²) in [6.07, 6.45) is -1.03. The number of rotatable bonds is 15. The highest BCUT2D eigenvalue weighted by molar-refractivity contribution is 7.13. The molecule has 18 heteroatoms. The van der Waals surface area contributed by atoms with Crippen molar-refractivity contribution in [2.45, 2.75) is 103 Å². The summed E-state index contributed by atoms with van der Waals surface area (Å²) >= 11 is 3.15.